The number of carbonyl (C=O) groups is 2. The number of hydrogen-bond donors (Lipinski definition) is 2. The Hall–Kier alpha value is -3.33. The zero-order valence-electron chi connectivity index (χ0n) is 15.6. The van der Waals surface area contributed by atoms with E-state index in [0.29, 0.717) is 28.0 Å². The van der Waals surface area contributed by atoms with Crippen molar-refractivity contribution in [3.63, 3.8) is 0 Å². The highest BCUT2D eigenvalue weighted by Crippen LogP contribution is 2.21. The Labute approximate surface area is 166 Å². The lowest BCUT2D eigenvalue weighted by Crippen LogP contribution is -2.17. The minimum atomic E-state index is -0.510. The third-order valence-electron chi connectivity index (χ3n) is 3.70. The van der Waals surface area contributed by atoms with Gasteiger partial charge in [0.25, 0.3) is 0 Å². The van der Waals surface area contributed by atoms with Crippen LogP contribution in [0.15, 0.2) is 35.7 Å². The number of para-hydroxylation sites is 1. The van der Waals surface area contributed by atoms with Gasteiger partial charge in [-0.25, -0.2) is 19.7 Å². The number of nitrogens with one attached hydrogen (secondary N) is 2. The first kappa shape index (κ1) is 19.4. The van der Waals surface area contributed by atoms with Crippen LogP contribution < -0.4 is 10.6 Å². The van der Waals surface area contributed by atoms with E-state index in [1.807, 2.05) is 19.9 Å². The molecule has 28 heavy (non-hydrogen) atoms. The highest BCUT2D eigenvalue weighted by atomic mass is 32.1. The molecule has 2 N–H and O–H groups in total. The van der Waals surface area contributed by atoms with Crippen molar-refractivity contribution in [3.8, 4) is 0 Å². The van der Waals surface area contributed by atoms with Crippen LogP contribution in [0.5, 0.6) is 0 Å². The van der Waals surface area contributed by atoms with E-state index in [1.165, 1.54) is 18.4 Å². The molecule has 8 nitrogen and oxygen atoms in total. The molecule has 1 amide bonds. The van der Waals surface area contributed by atoms with Gasteiger partial charge in [0, 0.05) is 16.8 Å². The van der Waals surface area contributed by atoms with Crippen molar-refractivity contribution < 1.29 is 14.3 Å². The van der Waals surface area contributed by atoms with Gasteiger partial charge in [-0.1, -0.05) is 12.1 Å². The molecular formula is C19H19N5O3S. The van der Waals surface area contributed by atoms with Crippen LogP contribution >= 0.6 is 11.3 Å². The van der Waals surface area contributed by atoms with Gasteiger partial charge in [-0.3, -0.25) is 4.79 Å². The summed E-state index contributed by atoms with van der Waals surface area (Å²) in [5, 5.41) is 8.17. The van der Waals surface area contributed by atoms with Gasteiger partial charge in [-0.2, -0.15) is 0 Å². The van der Waals surface area contributed by atoms with Crippen molar-refractivity contribution in [1.82, 2.24) is 15.0 Å². The summed E-state index contributed by atoms with van der Waals surface area (Å²) in [7, 11) is 1.30. The van der Waals surface area contributed by atoms with Crippen molar-refractivity contribution >= 4 is 40.0 Å². The summed E-state index contributed by atoms with van der Waals surface area (Å²) >= 11 is 1.36. The molecule has 0 aliphatic heterocycles. The number of amides is 1. The minimum absolute atomic E-state index is 0.0708. The summed E-state index contributed by atoms with van der Waals surface area (Å²) in [6.07, 6.45) is 0.0708. The van der Waals surface area contributed by atoms with E-state index < -0.39 is 5.97 Å². The number of anilines is 3. The summed E-state index contributed by atoms with van der Waals surface area (Å²) in [6, 6.07) is 8.56. The van der Waals surface area contributed by atoms with E-state index in [1.54, 1.807) is 29.6 Å². The molecule has 9 heteroatoms. The summed E-state index contributed by atoms with van der Waals surface area (Å²) in [5.74, 6) is -0.324. The number of carbonyl (C=O) groups excluding carboxylic acids is 2. The molecule has 0 bridgehead atoms. The van der Waals surface area contributed by atoms with E-state index in [2.05, 4.69) is 25.6 Å². The Bertz CT molecular complexity index is 998. The Morgan fingerprint density at radius 3 is 2.54 bits per heavy atom. The van der Waals surface area contributed by atoms with Crippen molar-refractivity contribution in [2.75, 3.05) is 17.7 Å². The molecule has 1 aromatic carbocycles. The number of methoxy groups -OCH3 is 1. The number of aryl methyl sites for hydroxylation is 2. The zero-order chi connectivity index (χ0) is 20.1. The Morgan fingerprint density at radius 1 is 1.11 bits per heavy atom. The van der Waals surface area contributed by atoms with Gasteiger partial charge in [0.15, 0.2) is 5.13 Å². The summed E-state index contributed by atoms with van der Waals surface area (Å²) in [4.78, 5) is 37.2. The molecule has 3 aromatic rings. The molecule has 2 aromatic heterocycles. The number of nitrogens with zero attached hydrogens (tertiary/aromatic N) is 3. The number of benzene rings is 1. The number of thiazole rings is 1. The first-order valence-electron chi connectivity index (χ1n) is 8.45. The molecule has 0 radical (unpaired) electrons. The predicted molar refractivity (Wildman–Crippen MR) is 107 cm³/mol. The van der Waals surface area contributed by atoms with Gasteiger partial charge in [0.1, 0.15) is 0 Å². The van der Waals surface area contributed by atoms with E-state index in [0.717, 1.165) is 11.4 Å². The summed E-state index contributed by atoms with van der Waals surface area (Å²) in [6.45, 7) is 3.79. The second-order valence-electron chi connectivity index (χ2n) is 6.01. The molecule has 3 rings (SSSR count). The van der Waals surface area contributed by atoms with Crippen LogP contribution in [0.3, 0.4) is 0 Å². The van der Waals surface area contributed by atoms with E-state index >= 15 is 0 Å². The van der Waals surface area contributed by atoms with Crippen molar-refractivity contribution in [1.29, 1.82) is 0 Å². The lowest BCUT2D eigenvalue weighted by Gasteiger charge is -2.08. The molecule has 0 spiro atoms. The topological polar surface area (TPSA) is 106 Å². The monoisotopic (exact) mass is 397 g/mol. The average molecular weight is 397 g/mol. The Kier molecular flexibility index (Phi) is 5.95. The molecule has 0 aliphatic carbocycles. The molecule has 0 saturated heterocycles. The molecular weight excluding hydrogens is 378 g/mol. The van der Waals surface area contributed by atoms with E-state index in [4.69, 9.17) is 4.74 Å². The number of ether oxygens (including phenoxy) is 1. The maximum Gasteiger partial charge on any atom is 0.339 e. The molecule has 0 fully saturated rings. The maximum absolute atomic E-state index is 12.4. The normalized spacial score (nSPS) is 10.4. The van der Waals surface area contributed by atoms with Crippen LogP contribution in [0.2, 0.25) is 0 Å². The number of rotatable bonds is 6. The smallest absolute Gasteiger partial charge is 0.339 e. The highest BCUT2D eigenvalue weighted by molar-refractivity contribution is 7.13. The first-order chi connectivity index (χ1) is 13.4. The fourth-order valence-electron chi connectivity index (χ4n) is 2.56. The standard InChI is InChI=1S/C19H19N5O3S/c1-11-8-12(2)21-18(20-11)24-19-22-13(10-28-19)9-16(25)23-15-7-5-4-6-14(15)17(26)27-3/h4-8,10H,9H2,1-3H3,(H,23,25)(H,20,21,22,24). The van der Waals surface area contributed by atoms with Crippen LogP contribution in [0.1, 0.15) is 27.4 Å². The second-order valence-corrected chi connectivity index (χ2v) is 6.86. The third-order valence-corrected chi connectivity index (χ3v) is 4.51. The number of aromatic nitrogens is 3. The van der Waals surface area contributed by atoms with Gasteiger partial charge in [0.05, 0.1) is 30.5 Å². The molecule has 0 unspecified atom stereocenters. The molecule has 144 valence electrons. The molecule has 0 aliphatic rings. The number of hydrogen-bond acceptors (Lipinski definition) is 8. The fraction of sp³-hybridized carbons (Fsp3) is 0.211. The van der Waals surface area contributed by atoms with Crippen LogP contribution in [0.25, 0.3) is 0 Å². The maximum atomic E-state index is 12.4. The lowest BCUT2D eigenvalue weighted by atomic mass is 10.1. The van der Waals surface area contributed by atoms with E-state index in [9.17, 15) is 9.59 Å². The van der Waals surface area contributed by atoms with Gasteiger partial charge in [-0.15, -0.1) is 11.3 Å². The van der Waals surface area contributed by atoms with Crippen LogP contribution in [-0.2, 0) is 16.0 Å². The third kappa shape index (κ3) is 4.89. The largest absolute Gasteiger partial charge is 0.465 e. The summed E-state index contributed by atoms with van der Waals surface area (Å²) in [5.41, 5.74) is 3.01. The first-order valence-corrected chi connectivity index (χ1v) is 9.33. The van der Waals surface area contributed by atoms with Gasteiger partial charge in [-0.05, 0) is 32.0 Å². The molecule has 0 saturated carbocycles. The van der Waals surface area contributed by atoms with Gasteiger partial charge in [0.2, 0.25) is 11.9 Å². The Balaban J connectivity index is 1.65. The van der Waals surface area contributed by atoms with E-state index in [-0.39, 0.29) is 12.3 Å². The summed E-state index contributed by atoms with van der Waals surface area (Å²) < 4.78 is 4.73. The minimum Gasteiger partial charge on any atom is -0.465 e. The number of esters is 1. The van der Waals surface area contributed by atoms with Crippen LogP contribution in [0.4, 0.5) is 16.8 Å². The van der Waals surface area contributed by atoms with Gasteiger partial charge >= 0.3 is 5.97 Å². The SMILES string of the molecule is COC(=O)c1ccccc1NC(=O)Cc1csc(Nc2nc(C)cc(C)n2)n1. The second kappa shape index (κ2) is 8.57. The highest BCUT2D eigenvalue weighted by Gasteiger charge is 2.14. The van der Waals surface area contributed by atoms with Crippen LogP contribution in [0, 0.1) is 13.8 Å². The fourth-order valence-corrected chi connectivity index (χ4v) is 3.27. The van der Waals surface area contributed by atoms with Crippen molar-refractivity contribution in [3.05, 3.63) is 58.4 Å². The molecule has 2 heterocycles. The zero-order valence-corrected chi connectivity index (χ0v) is 16.5. The molecule has 0 atom stereocenters. The Morgan fingerprint density at radius 2 is 1.82 bits per heavy atom. The van der Waals surface area contributed by atoms with Crippen molar-refractivity contribution in [2.24, 2.45) is 0 Å². The quantitative estimate of drug-likeness (QED) is 0.615. The predicted octanol–water partition coefficient (Wildman–Crippen LogP) is 3.26. The van der Waals surface area contributed by atoms with Gasteiger partial charge < -0.3 is 15.4 Å². The van der Waals surface area contributed by atoms with Crippen LogP contribution in [-0.4, -0.2) is 33.9 Å². The van der Waals surface area contributed by atoms with Crippen molar-refractivity contribution in [2.45, 2.75) is 20.3 Å². The average Bonchev–Trinajstić information content (AvgIpc) is 3.07. The lowest BCUT2D eigenvalue weighted by molar-refractivity contribution is -0.115.